The molecule has 0 saturated carbocycles. The zero-order valence-electron chi connectivity index (χ0n) is 9.22. The van der Waals surface area contributed by atoms with Crippen molar-refractivity contribution in [3.63, 3.8) is 0 Å². The number of benzene rings is 1. The number of hydrogen-bond acceptors (Lipinski definition) is 1. The maximum Gasteiger partial charge on any atom is 0.235 e. The van der Waals surface area contributed by atoms with E-state index in [1.807, 2.05) is 11.3 Å². The summed E-state index contributed by atoms with van der Waals surface area (Å²) >= 11 is 1.89. The average Bonchev–Trinajstić information content (AvgIpc) is 2.40. The summed E-state index contributed by atoms with van der Waals surface area (Å²) in [5.41, 5.74) is 4.17. The smallest absolute Gasteiger partial charge is 0.186 e. The predicted molar refractivity (Wildman–Crippen MR) is 61.9 cm³/mol. The second-order valence-electron chi connectivity index (χ2n) is 3.79. The Hall–Kier alpha value is -0.890. The number of hydrogen-bond donors (Lipinski definition) is 0. The van der Waals surface area contributed by atoms with Crippen LogP contribution in [0, 0.1) is 20.8 Å². The zero-order chi connectivity index (χ0) is 10.3. The highest BCUT2D eigenvalue weighted by molar-refractivity contribution is 7.18. The molecule has 1 heterocycles. The lowest BCUT2D eigenvalue weighted by Gasteiger charge is -1.96. The summed E-state index contributed by atoms with van der Waals surface area (Å²) < 4.78 is 3.82. The van der Waals surface area contributed by atoms with Gasteiger partial charge in [0.1, 0.15) is 11.2 Å². The van der Waals surface area contributed by atoms with Crippen LogP contribution in [0.3, 0.4) is 0 Å². The normalized spacial score (nSPS) is 11.1. The lowest BCUT2D eigenvalue weighted by Crippen LogP contribution is -2.33. The molecule has 0 amide bonds. The Kier molecular flexibility index (Phi) is 2.31. The largest absolute Gasteiger partial charge is 0.235 e. The lowest BCUT2D eigenvalue weighted by atomic mass is 10.1. The van der Waals surface area contributed by atoms with Crippen LogP contribution in [0.4, 0.5) is 0 Å². The van der Waals surface area contributed by atoms with Crippen LogP contribution in [0.15, 0.2) is 12.1 Å². The van der Waals surface area contributed by atoms with Crippen LogP contribution < -0.4 is 4.57 Å². The van der Waals surface area contributed by atoms with E-state index in [0.29, 0.717) is 0 Å². The first-order valence-electron chi connectivity index (χ1n) is 5.03. The molecule has 74 valence electrons. The van der Waals surface area contributed by atoms with Crippen molar-refractivity contribution in [3.8, 4) is 0 Å². The Labute approximate surface area is 89.0 Å². The molecule has 0 N–H and O–H groups in total. The van der Waals surface area contributed by atoms with E-state index < -0.39 is 0 Å². The lowest BCUT2D eigenvalue weighted by molar-refractivity contribution is -0.669. The molecule has 0 radical (unpaired) electrons. The molecule has 2 aromatic rings. The van der Waals surface area contributed by atoms with Gasteiger partial charge in [-0.25, -0.2) is 0 Å². The van der Waals surface area contributed by atoms with Crippen LogP contribution in [0.2, 0.25) is 0 Å². The summed E-state index contributed by atoms with van der Waals surface area (Å²) in [6.07, 6.45) is 0. The van der Waals surface area contributed by atoms with Gasteiger partial charge in [-0.2, -0.15) is 4.57 Å². The van der Waals surface area contributed by atoms with Gasteiger partial charge in [-0.15, -0.1) is 0 Å². The van der Waals surface area contributed by atoms with Crippen molar-refractivity contribution in [1.82, 2.24) is 0 Å². The zero-order valence-corrected chi connectivity index (χ0v) is 10.0. The van der Waals surface area contributed by atoms with Gasteiger partial charge in [-0.05, 0) is 38.5 Å². The first kappa shape index (κ1) is 9.66. The Bertz CT molecular complexity index is 483. The van der Waals surface area contributed by atoms with Crippen molar-refractivity contribution in [2.45, 2.75) is 34.2 Å². The highest BCUT2D eigenvalue weighted by Gasteiger charge is 2.17. The number of aryl methyl sites for hydroxylation is 4. The van der Waals surface area contributed by atoms with E-state index in [9.17, 15) is 0 Å². The molecule has 0 aliphatic heterocycles. The monoisotopic (exact) mass is 206 g/mol. The van der Waals surface area contributed by atoms with Gasteiger partial charge >= 0.3 is 0 Å². The maximum absolute atomic E-state index is 2.40. The SMILES string of the molecule is CC[n+]1c(C)sc2cc(C)cc(C)c21. The van der Waals surface area contributed by atoms with E-state index in [0.717, 1.165) is 6.54 Å². The Morgan fingerprint density at radius 3 is 2.57 bits per heavy atom. The third-order valence-corrected chi connectivity index (χ3v) is 3.68. The summed E-state index contributed by atoms with van der Waals surface area (Å²) in [4.78, 5) is 0. The van der Waals surface area contributed by atoms with Crippen LogP contribution in [0.1, 0.15) is 23.1 Å². The number of nitrogens with zero attached hydrogens (tertiary/aromatic N) is 1. The van der Waals surface area contributed by atoms with Crippen LogP contribution in [-0.4, -0.2) is 0 Å². The predicted octanol–water partition coefficient (Wildman–Crippen LogP) is 3.13. The van der Waals surface area contributed by atoms with E-state index in [1.54, 1.807) is 0 Å². The minimum atomic E-state index is 1.07. The van der Waals surface area contributed by atoms with Gasteiger partial charge in [0.15, 0.2) is 0 Å². The number of aromatic nitrogens is 1. The molecule has 0 fully saturated rings. The van der Waals surface area contributed by atoms with Crippen LogP contribution >= 0.6 is 11.3 Å². The molecule has 0 saturated heterocycles. The van der Waals surface area contributed by atoms with E-state index in [2.05, 4.69) is 44.4 Å². The molecule has 14 heavy (non-hydrogen) atoms. The van der Waals surface area contributed by atoms with E-state index >= 15 is 0 Å². The van der Waals surface area contributed by atoms with Crippen LogP contribution in [0.5, 0.6) is 0 Å². The third-order valence-electron chi connectivity index (χ3n) is 2.63. The van der Waals surface area contributed by atoms with E-state index in [4.69, 9.17) is 0 Å². The van der Waals surface area contributed by atoms with Gasteiger partial charge in [-0.3, -0.25) is 0 Å². The highest BCUT2D eigenvalue weighted by atomic mass is 32.1. The van der Waals surface area contributed by atoms with Gasteiger partial charge in [-0.1, -0.05) is 11.3 Å². The molecule has 0 atom stereocenters. The first-order valence-corrected chi connectivity index (χ1v) is 5.85. The summed E-state index contributed by atoms with van der Waals surface area (Å²) in [5.74, 6) is 0. The molecule has 2 rings (SSSR count). The number of fused-ring (bicyclic) bond motifs is 1. The Balaban J connectivity index is 2.88. The highest BCUT2D eigenvalue weighted by Crippen LogP contribution is 2.24. The topological polar surface area (TPSA) is 3.88 Å². The molecule has 1 aromatic carbocycles. The molecule has 1 nitrogen and oxygen atoms in total. The molecule has 0 bridgehead atoms. The Morgan fingerprint density at radius 2 is 1.93 bits per heavy atom. The van der Waals surface area contributed by atoms with Gasteiger partial charge in [0.05, 0.1) is 0 Å². The molecular weight excluding hydrogens is 190 g/mol. The van der Waals surface area contributed by atoms with Crippen molar-refractivity contribution in [2.24, 2.45) is 0 Å². The quantitative estimate of drug-likeness (QED) is 0.631. The molecule has 0 unspecified atom stereocenters. The summed E-state index contributed by atoms with van der Waals surface area (Å²) in [5, 5.41) is 1.40. The summed E-state index contributed by atoms with van der Waals surface area (Å²) in [7, 11) is 0. The molecule has 0 aliphatic carbocycles. The molecular formula is C12H16NS+. The molecule has 0 spiro atoms. The van der Waals surface area contributed by atoms with Gasteiger partial charge in [0.25, 0.3) is 0 Å². The van der Waals surface area contributed by atoms with Crippen molar-refractivity contribution < 1.29 is 4.57 Å². The van der Waals surface area contributed by atoms with Crippen LogP contribution in [0.25, 0.3) is 10.2 Å². The number of rotatable bonds is 1. The van der Waals surface area contributed by atoms with Crippen molar-refractivity contribution >= 4 is 21.6 Å². The van der Waals surface area contributed by atoms with E-state index in [-0.39, 0.29) is 0 Å². The van der Waals surface area contributed by atoms with Gasteiger partial charge in [0.2, 0.25) is 10.5 Å². The second kappa shape index (κ2) is 3.35. The fourth-order valence-corrected chi connectivity index (χ4v) is 3.36. The Morgan fingerprint density at radius 1 is 1.21 bits per heavy atom. The van der Waals surface area contributed by atoms with E-state index in [1.165, 1.54) is 26.4 Å². The molecule has 1 aromatic heterocycles. The fraction of sp³-hybridized carbons (Fsp3) is 0.417. The minimum Gasteiger partial charge on any atom is -0.186 e. The van der Waals surface area contributed by atoms with Crippen molar-refractivity contribution in [3.05, 3.63) is 28.3 Å². The summed E-state index contributed by atoms with van der Waals surface area (Å²) in [6.45, 7) is 9.84. The molecule has 2 heteroatoms. The standard InChI is InChI=1S/C12H16NS/c1-5-13-10(4)14-11-7-8(2)6-9(3)12(11)13/h6-7H,5H2,1-4H3/q+1. The van der Waals surface area contributed by atoms with Crippen molar-refractivity contribution in [1.29, 1.82) is 0 Å². The minimum absolute atomic E-state index is 1.07. The molecule has 0 aliphatic rings. The maximum atomic E-state index is 2.40. The van der Waals surface area contributed by atoms with Gasteiger partial charge in [0, 0.05) is 12.5 Å². The number of thiazole rings is 1. The van der Waals surface area contributed by atoms with Crippen molar-refractivity contribution in [2.75, 3.05) is 0 Å². The van der Waals surface area contributed by atoms with Crippen LogP contribution in [-0.2, 0) is 6.54 Å². The third kappa shape index (κ3) is 1.34. The van der Waals surface area contributed by atoms with Gasteiger partial charge < -0.3 is 0 Å². The summed E-state index contributed by atoms with van der Waals surface area (Å²) in [6, 6.07) is 4.55. The first-order chi connectivity index (χ1) is 6.63. The second-order valence-corrected chi connectivity index (χ2v) is 5.03. The average molecular weight is 206 g/mol. The fourth-order valence-electron chi connectivity index (χ4n) is 2.10.